The van der Waals surface area contributed by atoms with Crippen molar-refractivity contribution in [3.8, 4) is 0 Å². The average Bonchev–Trinajstić information content (AvgIpc) is 3.51. The molecule has 0 unspecified atom stereocenters. The van der Waals surface area contributed by atoms with Crippen LogP contribution in [0.15, 0.2) is 84.9 Å². The number of likely N-dealkylation sites (tertiary alicyclic amines) is 1. The molecule has 242 valence electrons. The zero-order chi connectivity index (χ0) is 33.1. The molecule has 3 aromatic rings. The van der Waals surface area contributed by atoms with E-state index in [-0.39, 0.29) is 43.0 Å². The Morgan fingerprint density at radius 2 is 1.54 bits per heavy atom. The highest BCUT2D eigenvalue weighted by atomic mass is 16.5. The van der Waals surface area contributed by atoms with Crippen LogP contribution in [0.4, 0.5) is 5.69 Å². The van der Waals surface area contributed by atoms with Crippen molar-refractivity contribution in [2.45, 2.75) is 70.9 Å². The van der Waals surface area contributed by atoms with E-state index >= 15 is 0 Å². The lowest BCUT2D eigenvalue weighted by Gasteiger charge is -2.30. The number of rotatable bonds is 14. The number of nitrogens with one attached hydrogen (secondary N) is 3. The second kappa shape index (κ2) is 16.5. The summed E-state index contributed by atoms with van der Waals surface area (Å²) in [6.07, 6.45) is 0.998. The number of anilines is 1. The van der Waals surface area contributed by atoms with Crippen molar-refractivity contribution in [3.05, 3.63) is 102 Å². The number of amides is 4. The third-order valence-electron chi connectivity index (χ3n) is 7.97. The number of ether oxygens (including phenoxy) is 1. The predicted octanol–water partition coefficient (Wildman–Crippen LogP) is 3.90. The van der Waals surface area contributed by atoms with Gasteiger partial charge in [0.2, 0.25) is 17.7 Å². The SMILES string of the molecule is CC[C@@H](C=O)NC(=O)[C@@H]1C[C@@H](OCc2ccccc2)CN1C(=O)[C@@H](NC(=O)Cc1ccc(NC(=O)c2ccccc2)cc1)C(C)C. The van der Waals surface area contributed by atoms with Crippen LogP contribution in [-0.2, 0) is 36.9 Å². The lowest BCUT2D eigenvalue weighted by atomic mass is 10.0. The van der Waals surface area contributed by atoms with Gasteiger partial charge in [0, 0.05) is 24.2 Å². The zero-order valence-electron chi connectivity index (χ0n) is 26.5. The van der Waals surface area contributed by atoms with E-state index in [9.17, 15) is 24.0 Å². The molecule has 1 saturated heterocycles. The van der Waals surface area contributed by atoms with Gasteiger partial charge in [-0.05, 0) is 47.7 Å². The van der Waals surface area contributed by atoms with Crippen LogP contribution < -0.4 is 16.0 Å². The Kier molecular flexibility index (Phi) is 12.2. The molecule has 1 aliphatic heterocycles. The summed E-state index contributed by atoms with van der Waals surface area (Å²) in [5.74, 6) is -1.66. The van der Waals surface area contributed by atoms with E-state index in [1.807, 2.05) is 50.2 Å². The highest BCUT2D eigenvalue weighted by Gasteiger charge is 2.43. The summed E-state index contributed by atoms with van der Waals surface area (Å²) >= 11 is 0. The number of aldehydes is 1. The van der Waals surface area contributed by atoms with Gasteiger partial charge in [-0.15, -0.1) is 0 Å². The van der Waals surface area contributed by atoms with Crippen LogP contribution in [0.5, 0.6) is 0 Å². The van der Waals surface area contributed by atoms with Gasteiger partial charge in [-0.25, -0.2) is 0 Å². The van der Waals surface area contributed by atoms with Gasteiger partial charge < -0.3 is 30.4 Å². The molecular weight excluding hydrogens is 584 g/mol. The Morgan fingerprint density at radius 1 is 0.891 bits per heavy atom. The number of carbonyl (C=O) groups excluding carboxylic acids is 5. The lowest BCUT2D eigenvalue weighted by molar-refractivity contribution is -0.142. The largest absolute Gasteiger partial charge is 0.372 e. The molecule has 0 spiro atoms. The number of carbonyl (C=O) groups is 5. The molecule has 46 heavy (non-hydrogen) atoms. The number of hydrogen-bond acceptors (Lipinski definition) is 6. The number of benzene rings is 3. The van der Waals surface area contributed by atoms with E-state index < -0.39 is 30.1 Å². The summed E-state index contributed by atoms with van der Waals surface area (Å²) in [6.45, 7) is 5.97. The summed E-state index contributed by atoms with van der Waals surface area (Å²) in [7, 11) is 0. The molecule has 1 fully saturated rings. The van der Waals surface area contributed by atoms with Crippen LogP contribution in [0, 0.1) is 5.92 Å². The molecule has 1 heterocycles. The van der Waals surface area contributed by atoms with Gasteiger partial charge in [0.25, 0.3) is 5.91 Å². The number of nitrogens with zero attached hydrogens (tertiary/aromatic N) is 1. The van der Waals surface area contributed by atoms with Gasteiger partial charge in [-0.3, -0.25) is 19.2 Å². The smallest absolute Gasteiger partial charge is 0.255 e. The maximum absolute atomic E-state index is 14.0. The van der Waals surface area contributed by atoms with Crippen LogP contribution in [0.1, 0.15) is 55.1 Å². The van der Waals surface area contributed by atoms with E-state index in [1.165, 1.54) is 4.90 Å². The van der Waals surface area contributed by atoms with E-state index in [0.717, 1.165) is 5.56 Å². The van der Waals surface area contributed by atoms with Crippen molar-refractivity contribution in [3.63, 3.8) is 0 Å². The number of hydrogen-bond donors (Lipinski definition) is 3. The molecule has 10 heteroatoms. The van der Waals surface area contributed by atoms with Gasteiger partial charge in [0.1, 0.15) is 18.4 Å². The minimum Gasteiger partial charge on any atom is -0.372 e. The van der Waals surface area contributed by atoms with Crippen LogP contribution in [0.3, 0.4) is 0 Å². The molecule has 1 aliphatic rings. The monoisotopic (exact) mass is 626 g/mol. The zero-order valence-corrected chi connectivity index (χ0v) is 26.5. The molecule has 0 radical (unpaired) electrons. The summed E-state index contributed by atoms with van der Waals surface area (Å²) in [5.41, 5.74) is 2.81. The molecule has 4 atom stereocenters. The molecule has 0 bridgehead atoms. The second-order valence-electron chi connectivity index (χ2n) is 11.8. The van der Waals surface area contributed by atoms with Crippen LogP contribution >= 0.6 is 0 Å². The molecular formula is C36H42N4O6. The fraction of sp³-hybridized carbons (Fsp3) is 0.361. The first kappa shape index (κ1) is 34.1. The minimum absolute atomic E-state index is 0.0215. The minimum atomic E-state index is -0.881. The lowest BCUT2D eigenvalue weighted by Crippen LogP contribution is -2.56. The van der Waals surface area contributed by atoms with E-state index in [2.05, 4.69) is 16.0 Å². The van der Waals surface area contributed by atoms with Crippen molar-refractivity contribution >= 4 is 35.6 Å². The van der Waals surface area contributed by atoms with Crippen molar-refractivity contribution in [1.82, 2.24) is 15.5 Å². The van der Waals surface area contributed by atoms with E-state index in [4.69, 9.17) is 4.74 Å². The van der Waals surface area contributed by atoms with Crippen LogP contribution in [0.2, 0.25) is 0 Å². The third kappa shape index (κ3) is 9.34. The standard InChI is InChI=1S/C36H42N4O6/c1-4-28(22-41)37-35(44)31-20-30(46-23-26-11-7-5-8-12-26)21-40(31)36(45)33(24(2)3)39-32(42)19-25-15-17-29(18-16-25)38-34(43)27-13-9-6-10-14-27/h5-18,22,24,28,30-31,33H,4,19-21,23H2,1-3H3,(H,37,44)(H,38,43)(H,39,42)/t28-,30+,31-,33-/m0/s1. The van der Waals surface area contributed by atoms with Gasteiger partial charge >= 0.3 is 0 Å². The quantitative estimate of drug-likeness (QED) is 0.233. The average molecular weight is 627 g/mol. The molecule has 10 nitrogen and oxygen atoms in total. The highest BCUT2D eigenvalue weighted by Crippen LogP contribution is 2.24. The van der Waals surface area contributed by atoms with Gasteiger partial charge in [-0.2, -0.15) is 0 Å². The Balaban J connectivity index is 1.41. The van der Waals surface area contributed by atoms with Gasteiger partial charge in [0.15, 0.2) is 0 Å². The summed E-state index contributed by atoms with van der Waals surface area (Å²) in [6, 6.07) is 23.0. The maximum atomic E-state index is 14.0. The molecule has 4 amide bonds. The highest BCUT2D eigenvalue weighted by molar-refractivity contribution is 6.04. The summed E-state index contributed by atoms with van der Waals surface area (Å²) in [5, 5.41) is 8.45. The van der Waals surface area contributed by atoms with Crippen molar-refractivity contribution in [1.29, 1.82) is 0 Å². The van der Waals surface area contributed by atoms with Gasteiger partial charge in [0.05, 0.1) is 25.2 Å². The molecule has 3 N–H and O–H groups in total. The Morgan fingerprint density at radius 3 is 2.15 bits per heavy atom. The summed E-state index contributed by atoms with van der Waals surface area (Å²) in [4.78, 5) is 65.8. The van der Waals surface area contributed by atoms with Crippen LogP contribution in [0.25, 0.3) is 0 Å². The molecule has 4 rings (SSSR count). The Hall–Kier alpha value is -4.83. The molecule has 3 aromatic carbocycles. The summed E-state index contributed by atoms with van der Waals surface area (Å²) < 4.78 is 6.11. The topological polar surface area (TPSA) is 134 Å². The second-order valence-corrected chi connectivity index (χ2v) is 11.8. The fourth-order valence-corrected chi connectivity index (χ4v) is 5.31. The normalized spacial score (nSPS) is 17.2. The van der Waals surface area contributed by atoms with E-state index in [0.29, 0.717) is 36.1 Å². The van der Waals surface area contributed by atoms with Crippen LogP contribution in [-0.4, -0.2) is 65.6 Å². The van der Waals surface area contributed by atoms with Gasteiger partial charge in [-0.1, -0.05) is 81.4 Å². The van der Waals surface area contributed by atoms with Crippen molar-refractivity contribution in [2.75, 3.05) is 11.9 Å². The van der Waals surface area contributed by atoms with Crippen molar-refractivity contribution in [2.24, 2.45) is 5.92 Å². The molecule has 0 saturated carbocycles. The Labute approximate surface area is 269 Å². The predicted molar refractivity (Wildman–Crippen MR) is 175 cm³/mol. The molecule has 0 aromatic heterocycles. The Bertz CT molecular complexity index is 1480. The van der Waals surface area contributed by atoms with E-state index in [1.54, 1.807) is 55.5 Å². The first-order chi connectivity index (χ1) is 22.2. The third-order valence-corrected chi connectivity index (χ3v) is 7.97. The van der Waals surface area contributed by atoms with Crippen molar-refractivity contribution < 1.29 is 28.7 Å². The molecule has 0 aliphatic carbocycles. The maximum Gasteiger partial charge on any atom is 0.255 e. The first-order valence-corrected chi connectivity index (χ1v) is 15.6. The first-order valence-electron chi connectivity index (χ1n) is 15.6. The fourth-order valence-electron chi connectivity index (χ4n) is 5.31.